The van der Waals surface area contributed by atoms with Crippen molar-refractivity contribution in [3.05, 3.63) is 101 Å². The highest BCUT2D eigenvalue weighted by atomic mass is 32.2. The van der Waals surface area contributed by atoms with E-state index in [-0.39, 0.29) is 47.9 Å². The third-order valence-corrected chi connectivity index (χ3v) is 7.20. The van der Waals surface area contributed by atoms with Gasteiger partial charge in [-0.2, -0.15) is 0 Å². The number of rotatable bonds is 8. The third kappa shape index (κ3) is 4.85. The minimum absolute atomic E-state index is 0.0583. The lowest BCUT2D eigenvalue weighted by Crippen LogP contribution is -2.29. The van der Waals surface area contributed by atoms with Crippen LogP contribution in [0, 0.1) is 0 Å². The Morgan fingerprint density at radius 3 is 2.12 bits per heavy atom. The normalized spacial score (nSPS) is 13.2. The predicted octanol–water partition coefficient (Wildman–Crippen LogP) is 3.08. The number of hydrogen-bond donors (Lipinski definition) is 1. The first-order chi connectivity index (χ1) is 15.9. The van der Waals surface area contributed by atoms with Crippen LogP contribution in [0.4, 0.5) is 0 Å². The predicted molar refractivity (Wildman–Crippen MR) is 123 cm³/mol. The van der Waals surface area contributed by atoms with Crippen molar-refractivity contribution in [1.29, 1.82) is 0 Å². The maximum Gasteiger partial charge on any atom is 0.261 e. The van der Waals surface area contributed by atoms with Gasteiger partial charge in [0.2, 0.25) is 0 Å². The van der Waals surface area contributed by atoms with Crippen LogP contribution < -0.4 is 5.32 Å². The molecular formula is C25H22N2O5S. The Kier molecular flexibility index (Phi) is 6.37. The van der Waals surface area contributed by atoms with Crippen LogP contribution in [-0.4, -0.2) is 43.3 Å². The number of hydrogen-bond acceptors (Lipinski definition) is 5. The molecule has 1 aliphatic heterocycles. The van der Waals surface area contributed by atoms with Gasteiger partial charge in [0.1, 0.15) is 0 Å². The summed E-state index contributed by atoms with van der Waals surface area (Å²) in [5.74, 6) is -1.14. The second-order valence-corrected chi connectivity index (χ2v) is 9.79. The maximum absolute atomic E-state index is 12.6. The molecule has 1 aliphatic rings. The van der Waals surface area contributed by atoms with E-state index in [2.05, 4.69) is 5.32 Å². The molecule has 0 saturated heterocycles. The molecule has 0 aliphatic carbocycles. The second-order valence-electron chi connectivity index (χ2n) is 7.68. The van der Waals surface area contributed by atoms with Gasteiger partial charge < -0.3 is 5.32 Å². The molecule has 8 heteroatoms. The fraction of sp³-hybridized carbons (Fsp3) is 0.160. The lowest BCUT2D eigenvalue weighted by molar-refractivity contribution is 0.0642. The lowest BCUT2D eigenvalue weighted by atomic mass is 10.1. The number of benzene rings is 3. The summed E-state index contributed by atoms with van der Waals surface area (Å²) in [5.41, 5.74) is 1.77. The minimum atomic E-state index is -3.40. The lowest BCUT2D eigenvalue weighted by Gasteiger charge is -2.14. The zero-order valence-electron chi connectivity index (χ0n) is 17.7. The molecule has 0 fully saturated rings. The smallest absolute Gasteiger partial charge is 0.261 e. The number of amides is 3. The fourth-order valence-electron chi connectivity index (χ4n) is 3.69. The van der Waals surface area contributed by atoms with E-state index in [1.165, 1.54) is 0 Å². The molecule has 0 saturated carbocycles. The van der Waals surface area contributed by atoms with Gasteiger partial charge in [-0.15, -0.1) is 0 Å². The van der Waals surface area contributed by atoms with E-state index in [9.17, 15) is 22.8 Å². The van der Waals surface area contributed by atoms with Crippen LogP contribution in [0.1, 0.15) is 43.1 Å². The molecule has 0 radical (unpaired) electrons. The summed E-state index contributed by atoms with van der Waals surface area (Å²) in [7, 11) is -3.40. The zero-order valence-corrected chi connectivity index (χ0v) is 18.5. The first-order valence-electron chi connectivity index (χ1n) is 10.5. The van der Waals surface area contributed by atoms with E-state index < -0.39 is 9.84 Å². The molecule has 3 amide bonds. The Hall–Kier alpha value is -3.78. The number of imide groups is 1. The highest BCUT2D eigenvalue weighted by molar-refractivity contribution is 7.91. The minimum Gasteiger partial charge on any atom is -0.352 e. The molecule has 0 spiro atoms. The van der Waals surface area contributed by atoms with Gasteiger partial charge >= 0.3 is 0 Å². The van der Waals surface area contributed by atoms with Crippen LogP contribution in [0.2, 0.25) is 0 Å². The van der Waals surface area contributed by atoms with Crippen molar-refractivity contribution in [2.75, 3.05) is 12.3 Å². The van der Waals surface area contributed by atoms with Gasteiger partial charge in [0.15, 0.2) is 9.84 Å². The molecule has 0 aromatic heterocycles. The highest BCUT2D eigenvalue weighted by Gasteiger charge is 2.35. The topological polar surface area (TPSA) is 101 Å². The molecular weight excluding hydrogens is 440 g/mol. The van der Waals surface area contributed by atoms with Gasteiger partial charge in [-0.05, 0) is 48.4 Å². The molecule has 0 bridgehead atoms. The van der Waals surface area contributed by atoms with Crippen LogP contribution in [0.15, 0.2) is 83.8 Å². The molecule has 1 N–H and O–H groups in total. The Bertz CT molecular complexity index is 1280. The quantitative estimate of drug-likeness (QED) is 0.410. The number of fused-ring (bicyclic) bond motifs is 1. The molecule has 7 nitrogen and oxygen atoms in total. The summed E-state index contributed by atoms with van der Waals surface area (Å²) in [6.45, 7) is 0.260. The number of carbonyl (C=O) groups excluding carboxylic acids is 3. The Morgan fingerprint density at radius 2 is 1.45 bits per heavy atom. The number of carbonyl (C=O) groups is 3. The average molecular weight is 463 g/mol. The summed E-state index contributed by atoms with van der Waals surface area (Å²) in [6, 6.07) is 21.5. The zero-order chi connectivity index (χ0) is 23.4. The van der Waals surface area contributed by atoms with Crippen LogP contribution in [0.5, 0.6) is 0 Å². The molecule has 0 unspecified atom stereocenters. The van der Waals surface area contributed by atoms with E-state index in [1.54, 1.807) is 78.9 Å². The van der Waals surface area contributed by atoms with Crippen molar-refractivity contribution in [1.82, 2.24) is 10.2 Å². The Balaban J connectivity index is 1.34. The maximum atomic E-state index is 12.6. The van der Waals surface area contributed by atoms with Crippen molar-refractivity contribution in [2.45, 2.75) is 17.9 Å². The molecule has 1 heterocycles. The fourth-order valence-corrected chi connectivity index (χ4v) is 5.02. The summed E-state index contributed by atoms with van der Waals surface area (Å²) >= 11 is 0. The summed E-state index contributed by atoms with van der Waals surface area (Å²) in [6.07, 6.45) is 0.275. The summed E-state index contributed by atoms with van der Waals surface area (Å²) in [5, 5.41) is 2.72. The van der Waals surface area contributed by atoms with Crippen LogP contribution in [-0.2, 0) is 16.4 Å². The SMILES string of the molecule is O=C(NCCCS(=O)(=O)c1ccccc1)c1cccc(CN2C(=O)c3ccccc3C2=O)c1. The van der Waals surface area contributed by atoms with Gasteiger partial charge in [-0.3, -0.25) is 19.3 Å². The molecule has 0 atom stereocenters. The molecule has 168 valence electrons. The van der Waals surface area contributed by atoms with Crippen molar-refractivity contribution in [2.24, 2.45) is 0 Å². The monoisotopic (exact) mass is 462 g/mol. The van der Waals surface area contributed by atoms with Gasteiger partial charge in [0.05, 0.1) is 28.3 Å². The third-order valence-electron chi connectivity index (χ3n) is 5.39. The van der Waals surface area contributed by atoms with Gasteiger partial charge in [-0.1, -0.05) is 42.5 Å². The van der Waals surface area contributed by atoms with Crippen molar-refractivity contribution < 1.29 is 22.8 Å². The Morgan fingerprint density at radius 1 is 0.818 bits per heavy atom. The largest absolute Gasteiger partial charge is 0.352 e. The standard InChI is InChI=1S/C25H22N2O5S/c28-23(26-14-7-15-33(31,32)20-10-2-1-3-11-20)19-9-6-8-18(16-19)17-27-24(29)21-12-4-5-13-22(21)25(27)30/h1-6,8-13,16H,7,14-15,17H2,(H,26,28). The Labute approximate surface area is 192 Å². The highest BCUT2D eigenvalue weighted by Crippen LogP contribution is 2.24. The van der Waals surface area contributed by atoms with Gasteiger partial charge in [0.25, 0.3) is 17.7 Å². The van der Waals surface area contributed by atoms with Crippen molar-refractivity contribution in [3.8, 4) is 0 Å². The molecule has 33 heavy (non-hydrogen) atoms. The number of nitrogens with one attached hydrogen (secondary N) is 1. The average Bonchev–Trinajstić information content (AvgIpc) is 3.07. The van der Waals surface area contributed by atoms with Crippen LogP contribution in [0.25, 0.3) is 0 Å². The summed E-state index contributed by atoms with van der Waals surface area (Å²) < 4.78 is 24.6. The van der Waals surface area contributed by atoms with Crippen LogP contribution >= 0.6 is 0 Å². The van der Waals surface area contributed by atoms with Crippen LogP contribution in [0.3, 0.4) is 0 Å². The van der Waals surface area contributed by atoms with E-state index in [1.807, 2.05) is 0 Å². The van der Waals surface area contributed by atoms with E-state index in [4.69, 9.17) is 0 Å². The first-order valence-corrected chi connectivity index (χ1v) is 12.1. The van der Waals surface area contributed by atoms with E-state index in [0.29, 0.717) is 22.3 Å². The summed E-state index contributed by atoms with van der Waals surface area (Å²) in [4.78, 5) is 39.1. The van der Waals surface area contributed by atoms with E-state index in [0.717, 1.165) is 4.90 Å². The molecule has 3 aromatic rings. The number of nitrogens with zero attached hydrogens (tertiary/aromatic N) is 1. The van der Waals surface area contributed by atoms with Gasteiger partial charge in [-0.25, -0.2) is 8.42 Å². The first kappa shape index (κ1) is 22.4. The number of sulfone groups is 1. The molecule has 4 rings (SSSR count). The second kappa shape index (κ2) is 9.38. The van der Waals surface area contributed by atoms with Gasteiger partial charge in [0, 0.05) is 12.1 Å². The molecule has 3 aromatic carbocycles. The van der Waals surface area contributed by atoms with Crippen molar-refractivity contribution in [3.63, 3.8) is 0 Å². The van der Waals surface area contributed by atoms with Crippen molar-refractivity contribution >= 4 is 27.6 Å². The van der Waals surface area contributed by atoms with E-state index >= 15 is 0 Å².